The molecule has 0 unspecified atom stereocenters. The van der Waals surface area contributed by atoms with Crippen molar-refractivity contribution in [3.05, 3.63) is 6.07 Å². The first kappa shape index (κ1) is 10.7. The van der Waals surface area contributed by atoms with Crippen LogP contribution in [0.4, 0.5) is 10.8 Å². The maximum Gasteiger partial charge on any atom is 0.139 e. The zero-order valence-corrected chi connectivity index (χ0v) is 10.3. The predicted octanol–water partition coefficient (Wildman–Crippen LogP) is 2.74. The van der Waals surface area contributed by atoms with Crippen LogP contribution in [-0.2, 0) is 0 Å². The Morgan fingerprint density at radius 1 is 1.40 bits per heavy atom. The monoisotopic (exact) mass is 225 g/mol. The number of rotatable bonds is 1. The standard InChI is InChI=1S/C11H19N3S/c1-11(2)4-3-6-14(7-5-11)10-8-9(12)13-15-10/h8H,3-7H2,1-2H3,(H2,12,13). The summed E-state index contributed by atoms with van der Waals surface area (Å²) < 4.78 is 4.14. The molecule has 1 aliphatic rings. The molecule has 0 spiro atoms. The predicted molar refractivity (Wildman–Crippen MR) is 66.4 cm³/mol. The van der Waals surface area contributed by atoms with E-state index in [1.165, 1.54) is 35.8 Å². The van der Waals surface area contributed by atoms with E-state index in [9.17, 15) is 0 Å². The van der Waals surface area contributed by atoms with E-state index >= 15 is 0 Å². The smallest absolute Gasteiger partial charge is 0.139 e. The molecule has 0 radical (unpaired) electrons. The largest absolute Gasteiger partial charge is 0.383 e. The second-order valence-corrected chi connectivity index (χ2v) is 5.88. The van der Waals surface area contributed by atoms with Crippen molar-refractivity contribution in [3.63, 3.8) is 0 Å². The van der Waals surface area contributed by atoms with Gasteiger partial charge in [-0.1, -0.05) is 13.8 Å². The Hall–Kier alpha value is -0.770. The molecule has 0 saturated carbocycles. The van der Waals surface area contributed by atoms with Crippen molar-refractivity contribution < 1.29 is 0 Å². The number of hydrogen-bond donors (Lipinski definition) is 1. The molecule has 1 aromatic heterocycles. The number of nitrogens with two attached hydrogens (primary N) is 1. The van der Waals surface area contributed by atoms with Gasteiger partial charge >= 0.3 is 0 Å². The highest BCUT2D eigenvalue weighted by Crippen LogP contribution is 2.33. The van der Waals surface area contributed by atoms with Crippen LogP contribution in [0.2, 0.25) is 0 Å². The van der Waals surface area contributed by atoms with E-state index in [2.05, 4.69) is 23.1 Å². The Morgan fingerprint density at radius 2 is 2.20 bits per heavy atom. The summed E-state index contributed by atoms with van der Waals surface area (Å²) >= 11 is 1.52. The molecule has 1 aromatic rings. The van der Waals surface area contributed by atoms with Crippen LogP contribution in [0.5, 0.6) is 0 Å². The molecule has 15 heavy (non-hydrogen) atoms. The van der Waals surface area contributed by atoms with Crippen molar-refractivity contribution in [1.82, 2.24) is 4.37 Å². The summed E-state index contributed by atoms with van der Waals surface area (Å²) in [4.78, 5) is 2.42. The molecule has 2 heterocycles. The minimum atomic E-state index is 0.491. The molecule has 1 saturated heterocycles. The second kappa shape index (κ2) is 4.00. The highest BCUT2D eigenvalue weighted by atomic mass is 32.1. The Morgan fingerprint density at radius 3 is 2.87 bits per heavy atom. The van der Waals surface area contributed by atoms with E-state index in [1.54, 1.807) is 0 Å². The van der Waals surface area contributed by atoms with Crippen molar-refractivity contribution in [1.29, 1.82) is 0 Å². The van der Waals surface area contributed by atoms with Gasteiger partial charge in [0.2, 0.25) is 0 Å². The number of nitrogens with zero attached hydrogens (tertiary/aromatic N) is 2. The third kappa shape index (κ3) is 2.62. The average molecular weight is 225 g/mol. The molecule has 0 bridgehead atoms. The van der Waals surface area contributed by atoms with Gasteiger partial charge in [0.1, 0.15) is 10.8 Å². The number of nitrogen functional groups attached to an aromatic ring is 1. The van der Waals surface area contributed by atoms with Gasteiger partial charge in [-0.05, 0) is 36.2 Å². The van der Waals surface area contributed by atoms with Crippen LogP contribution in [0, 0.1) is 5.41 Å². The Balaban J connectivity index is 2.05. The lowest BCUT2D eigenvalue weighted by Gasteiger charge is -2.23. The molecule has 2 N–H and O–H groups in total. The molecule has 4 heteroatoms. The van der Waals surface area contributed by atoms with Gasteiger partial charge < -0.3 is 10.6 Å². The Bertz CT molecular complexity index is 332. The number of aromatic nitrogens is 1. The van der Waals surface area contributed by atoms with Crippen molar-refractivity contribution in [3.8, 4) is 0 Å². The SMILES string of the molecule is CC1(C)CCCN(c2cc(N)ns2)CC1. The van der Waals surface area contributed by atoms with Crippen molar-refractivity contribution in [2.45, 2.75) is 33.1 Å². The van der Waals surface area contributed by atoms with Crippen LogP contribution in [0.25, 0.3) is 0 Å². The van der Waals surface area contributed by atoms with Gasteiger partial charge in [-0.15, -0.1) is 0 Å². The van der Waals surface area contributed by atoms with E-state index < -0.39 is 0 Å². The number of anilines is 2. The lowest BCUT2D eigenvalue weighted by atomic mass is 9.85. The summed E-state index contributed by atoms with van der Waals surface area (Å²) in [6, 6.07) is 1.99. The minimum absolute atomic E-state index is 0.491. The normalized spacial score (nSPS) is 21.3. The molecule has 1 fully saturated rings. The molecule has 1 aliphatic heterocycles. The lowest BCUT2D eigenvalue weighted by Crippen LogP contribution is -2.23. The number of hydrogen-bond acceptors (Lipinski definition) is 4. The third-order valence-corrected chi connectivity index (χ3v) is 4.03. The quantitative estimate of drug-likeness (QED) is 0.799. The van der Waals surface area contributed by atoms with Gasteiger partial charge in [0.05, 0.1) is 0 Å². The summed E-state index contributed by atoms with van der Waals surface area (Å²) in [6.45, 7) is 6.99. The maximum absolute atomic E-state index is 5.65. The van der Waals surface area contributed by atoms with Crippen LogP contribution in [-0.4, -0.2) is 17.5 Å². The summed E-state index contributed by atoms with van der Waals surface area (Å²) in [5, 5.41) is 1.23. The van der Waals surface area contributed by atoms with E-state index in [0.29, 0.717) is 11.2 Å². The molecule has 84 valence electrons. The van der Waals surface area contributed by atoms with Gasteiger partial charge in [-0.3, -0.25) is 0 Å². The van der Waals surface area contributed by atoms with E-state index in [1.807, 2.05) is 6.07 Å². The van der Waals surface area contributed by atoms with E-state index in [0.717, 1.165) is 13.1 Å². The Kier molecular flexibility index (Phi) is 2.87. The fraction of sp³-hybridized carbons (Fsp3) is 0.727. The van der Waals surface area contributed by atoms with Gasteiger partial charge in [0, 0.05) is 19.2 Å². The molecule has 3 nitrogen and oxygen atoms in total. The Labute approximate surface area is 95.4 Å². The van der Waals surface area contributed by atoms with E-state index in [-0.39, 0.29) is 0 Å². The van der Waals surface area contributed by atoms with Crippen LogP contribution in [0.15, 0.2) is 6.07 Å². The maximum atomic E-state index is 5.65. The fourth-order valence-electron chi connectivity index (χ4n) is 2.07. The highest BCUT2D eigenvalue weighted by Gasteiger charge is 2.23. The van der Waals surface area contributed by atoms with Gasteiger partial charge in [-0.25, -0.2) is 0 Å². The topological polar surface area (TPSA) is 42.1 Å². The van der Waals surface area contributed by atoms with Gasteiger partial charge in [-0.2, -0.15) is 4.37 Å². The second-order valence-electron chi connectivity index (χ2n) is 5.09. The zero-order chi connectivity index (χ0) is 10.9. The van der Waals surface area contributed by atoms with Crippen molar-refractivity contribution in [2.75, 3.05) is 23.7 Å². The van der Waals surface area contributed by atoms with Crippen LogP contribution >= 0.6 is 11.5 Å². The zero-order valence-electron chi connectivity index (χ0n) is 9.49. The third-order valence-electron chi connectivity index (χ3n) is 3.17. The summed E-state index contributed by atoms with van der Waals surface area (Å²) in [6.07, 6.45) is 3.84. The fourth-order valence-corrected chi connectivity index (χ4v) is 2.79. The average Bonchev–Trinajstić information content (AvgIpc) is 2.49. The highest BCUT2D eigenvalue weighted by molar-refractivity contribution is 7.10. The summed E-state index contributed by atoms with van der Waals surface area (Å²) in [5.74, 6) is 0.651. The minimum Gasteiger partial charge on any atom is -0.383 e. The molecule has 0 aromatic carbocycles. The summed E-state index contributed by atoms with van der Waals surface area (Å²) in [7, 11) is 0. The first-order valence-electron chi connectivity index (χ1n) is 5.54. The molecule has 2 rings (SSSR count). The van der Waals surface area contributed by atoms with Gasteiger partial charge in [0.25, 0.3) is 0 Å². The van der Waals surface area contributed by atoms with E-state index in [4.69, 9.17) is 5.73 Å². The van der Waals surface area contributed by atoms with Crippen LogP contribution in [0.3, 0.4) is 0 Å². The lowest BCUT2D eigenvalue weighted by molar-refractivity contribution is 0.325. The first-order valence-corrected chi connectivity index (χ1v) is 6.31. The van der Waals surface area contributed by atoms with Crippen LogP contribution in [0.1, 0.15) is 33.1 Å². The van der Waals surface area contributed by atoms with Crippen molar-refractivity contribution >= 4 is 22.4 Å². The van der Waals surface area contributed by atoms with Crippen molar-refractivity contribution in [2.24, 2.45) is 5.41 Å². The summed E-state index contributed by atoms with van der Waals surface area (Å²) in [5.41, 5.74) is 6.14. The van der Waals surface area contributed by atoms with Gasteiger partial charge in [0.15, 0.2) is 0 Å². The molecular weight excluding hydrogens is 206 g/mol. The molecule has 0 amide bonds. The molecule has 0 atom stereocenters. The first-order chi connectivity index (χ1) is 7.07. The van der Waals surface area contributed by atoms with Crippen LogP contribution < -0.4 is 10.6 Å². The molecular formula is C11H19N3S. The molecule has 0 aliphatic carbocycles.